The molecule has 3 nitrogen and oxygen atoms in total. The molecule has 19 heavy (non-hydrogen) atoms. The summed E-state index contributed by atoms with van der Waals surface area (Å²) in [6.45, 7) is 4.92. The van der Waals surface area contributed by atoms with Crippen molar-refractivity contribution in [3.63, 3.8) is 0 Å². The van der Waals surface area contributed by atoms with Crippen molar-refractivity contribution >= 4 is 20.8 Å². The molecular formula is C15H19NO2S. The first kappa shape index (κ1) is 14.0. The third kappa shape index (κ3) is 2.65. The molecule has 0 unspecified atom stereocenters. The molecular weight excluding hydrogens is 258 g/mol. The van der Waals surface area contributed by atoms with Crippen molar-refractivity contribution < 1.29 is 8.42 Å². The molecule has 0 saturated heterocycles. The number of fused-ring (bicyclic) bond motifs is 1. The van der Waals surface area contributed by atoms with Crippen LogP contribution in [0.25, 0.3) is 10.8 Å². The van der Waals surface area contributed by atoms with Crippen LogP contribution in [0.5, 0.6) is 0 Å². The first-order valence-electron chi connectivity index (χ1n) is 6.59. The third-order valence-corrected chi connectivity index (χ3v) is 5.23. The summed E-state index contributed by atoms with van der Waals surface area (Å²) in [6, 6.07) is 13.0. The lowest BCUT2D eigenvalue weighted by Gasteiger charge is -2.20. The summed E-state index contributed by atoms with van der Waals surface area (Å²) in [5, 5.41) is 1.75. The van der Waals surface area contributed by atoms with Gasteiger partial charge in [-0.25, -0.2) is 8.42 Å². The molecule has 0 heterocycles. The summed E-state index contributed by atoms with van der Waals surface area (Å²) in [5.41, 5.74) is 0. The molecule has 0 bridgehead atoms. The highest BCUT2D eigenvalue weighted by Gasteiger charge is 2.23. The van der Waals surface area contributed by atoms with Crippen LogP contribution in [0.1, 0.15) is 20.3 Å². The van der Waals surface area contributed by atoms with Gasteiger partial charge in [0.05, 0.1) is 4.90 Å². The molecule has 0 aromatic heterocycles. The number of hydrogen-bond donors (Lipinski definition) is 0. The second-order valence-corrected chi connectivity index (χ2v) is 6.38. The van der Waals surface area contributed by atoms with E-state index in [0.717, 1.165) is 17.2 Å². The Morgan fingerprint density at radius 3 is 2.37 bits per heavy atom. The van der Waals surface area contributed by atoms with Gasteiger partial charge in [-0.05, 0) is 17.9 Å². The minimum atomic E-state index is -3.41. The summed E-state index contributed by atoms with van der Waals surface area (Å²) in [4.78, 5) is 0.404. The molecule has 2 rings (SSSR count). The van der Waals surface area contributed by atoms with Gasteiger partial charge in [0.15, 0.2) is 0 Å². The van der Waals surface area contributed by atoms with E-state index in [0.29, 0.717) is 18.0 Å². The fourth-order valence-corrected chi connectivity index (χ4v) is 4.01. The molecule has 0 aliphatic rings. The van der Waals surface area contributed by atoms with Crippen molar-refractivity contribution in [1.82, 2.24) is 4.31 Å². The molecule has 4 heteroatoms. The van der Waals surface area contributed by atoms with Crippen LogP contribution in [-0.2, 0) is 10.0 Å². The van der Waals surface area contributed by atoms with Crippen molar-refractivity contribution in [3.8, 4) is 0 Å². The zero-order chi connectivity index (χ0) is 13.9. The summed E-state index contributed by atoms with van der Waals surface area (Å²) in [5.74, 6) is 0. The van der Waals surface area contributed by atoms with E-state index < -0.39 is 10.0 Å². The van der Waals surface area contributed by atoms with Gasteiger partial charge in [0.2, 0.25) is 10.0 Å². The van der Waals surface area contributed by atoms with Crippen LogP contribution in [0.4, 0.5) is 0 Å². The van der Waals surface area contributed by atoms with E-state index in [9.17, 15) is 8.42 Å². The van der Waals surface area contributed by atoms with E-state index >= 15 is 0 Å². The van der Waals surface area contributed by atoms with Gasteiger partial charge in [0, 0.05) is 18.5 Å². The minimum absolute atomic E-state index is 0.404. The zero-order valence-corrected chi connectivity index (χ0v) is 12.2. The fraction of sp³-hybridized carbons (Fsp3) is 0.333. The number of rotatable bonds is 5. The Morgan fingerprint density at radius 1 is 1.00 bits per heavy atom. The molecule has 0 fully saturated rings. The number of hydrogen-bond acceptors (Lipinski definition) is 2. The van der Waals surface area contributed by atoms with Gasteiger partial charge in [0.1, 0.15) is 0 Å². The van der Waals surface area contributed by atoms with Gasteiger partial charge in [0.25, 0.3) is 0 Å². The molecule has 0 spiro atoms. The predicted molar refractivity (Wildman–Crippen MR) is 78.7 cm³/mol. The van der Waals surface area contributed by atoms with Crippen LogP contribution in [0, 0.1) is 0 Å². The van der Waals surface area contributed by atoms with Gasteiger partial charge >= 0.3 is 0 Å². The smallest absolute Gasteiger partial charge is 0.207 e. The molecule has 2 aromatic rings. The van der Waals surface area contributed by atoms with E-state index in [4.69, 9.17) is 0 Å². The second-order valence-electron chi connectivity index (χ2n) is 4.47. The van der Waals surface area contributed by atoms with Crippen LogP contribution in [0.3, 0.4) is 0 Å². The Hall–Kier alpha value is -1.39. The predicted octanol–water partition coefficient (Wildman–Crippen LogP) is 3.26. The van der Waals surface area contributed by atoms with Crippen molar-refractivity contribution in [3.05, 3.63) is 42.5 Å². The number of benzene rings is 2. The molecule has 0 aliphatic heterocycles. The van der Waals surface area contributed by atoms with Gasteiger partial charge in [-0.2, -0.15) is 4.31 Å². The van der Waals surface area contributed by atoms with Crippen molar-refractivity contribution in [1.29, 1.82) is 0 Å². The standard InChI is InChI=1S/C15H19NO2S/c1-3-12-16(4-2)19(17,18)15-11-7-9-13-8-5-6-10-14(13)15/h5-11H,3-4,12H2,1-2H3. The van der Waals surface area contributed by atoms with Crippen molar-refractivity contribution in [2.45, 2.75) is 25.2 Å². The quantitative estimate of drug-likeness (QED) is 0.841. The summed E-state index contributed by atoms with van der Waals surface area (Å²) in [6.07, 6.45) is 0.817. The van der Waals surface area contributed by atoms with E-state index in [1.165, 1.54) is 4.31 Å². The van der Waals surface area contributed by atoms with Gasteiger partial charge in [-0.3, -0.25) is 0 Å². The summed E-state index contributed by atoms with van der Waals surface area (Å²) in [7, 11) is -3.41. The molecule has 0 radical (unpaired) electrons. The summed E-state index contributed by atoms with van der Waals surface area (Å²) >= 11 is 0. The molecule has 0 atom stereocenters. The first-order chi connectivity index (χ1) is 9.11. The topological polar surface area (TPSA) is 37.4 Å². The van der Waals surface area contributed by atoms with E-state index in [1.54, 1.807) is 12.1 Å². The number of nitrogens with zero attached hydrogens (tertiary/aromatic N) is 1. The SMILES string of the molecule is CCCN(CC)S(=O)(=O)c1cccc2ccccc12. The second kappa shape index (κ2) is 5.72. The Kier molecular flexibility index (Phi) is 4.22. The fourth-order valence-electron chi connectivity index (χ4n) is 2.26. The highest BCUT2D eigenvalue weighted by atomic mass is 32.2. The van der Waals surface area contributed by atoms with Crippen LogP contribution in [0.15, 0.2) is 47.4 Å². The van der Waals surface area contributed by atoms with Crippen molar-refractivity contribution in [2.75, 3.05) is 13.1 Å². The van der Waals surface area contributed by atoms with Crippen LogP contribution in [0.2, 0.25) is 0 Å². The maximum Gasteiger partial charge on any atom is 0.243 e. The maximum atomic E-state index is 12.7. The first-order valence-corrected chi connectivity index (χ1v) is 8.03. The Bertz CT molecular complexity index is 659. The lowest BCUT2D eigenvalue weighted by atomic mass is 10.1. The number of sulfonamides is 1. The molecule has 0 aliphatic carbocycles. The van der Waals surface area contributed by atoms with Gasteiger partial charge in [-0.15, -0.1) is 0 Å². The normalized spacial score (nSPS) is 12.2. The third-order valence-electron chi connectivity index (χ3n) is 3.19. The average Bonchev–Trinajstić information content (AvgIpc) is 2.43. The van der Waals surface area contributed by atoms with Gasteiger partial charge in [-0.1, -0.05) is 50.2 Å². The Balaban J connectivity index is 2.60. The van der Waals surface area contributed by atoms with E-state index in [1.807, 2.05) is 44.2 Å². The molecule has 0 N–H and O–H groups in total. The molecule has 0 saturated carbocycles. The zero-order valence-electron chi connectivity index (χ0n) is 11.3. The van der Waals surface area contributed by atoms with E-state index in [-0.39, 0.29) is 0 Å². The van der Waals surface area contributed by atoms with Crippen LogP contribution in [-0.4, -0.2) is 25.8 Å². The average molecular weight is 277 g/mol. The molecule has 2 aromatic carbocycles. The highest BCUT2D eigenvalue weighted by molar-refractivity contribution is 7.89. The maximum absolute atomic E-state index is 12.7. The summed E-state index contributed by atoms with van der Waals surface area (Å²) < 4.78 is 26.9. The largest absolute Gasteiger partial charge is 0.243 e. The van der Waals surface area contributed by atoms with Crippen LogP contribution < -0.4 is 0 Å². The van der Waals surface area contributed by atoms with Crippen LogP contribution >= 0.6 is 0 Å². The van der Waals surface area contributed by atoms with Gasteiger partial charge < -0.3 is 0 Å². The van der Waals surface area contributed by atoms with E-state index in [2.05, 4.69) is 0 Å². The Morgan fingerprint density at radius 2 is 1.68 bits per heavy atom. The Labute approximate surface area is 114 Å². The lowest BCUT2D eigenvalue weighted by molar-refractivity contribution is 0.427. The molecule has 102 valence electrons. The lowest BCUT2D eigenvalue weighted by Crippen LogP contribution is -2.31. The minimum Gasteiger partial charge on any atom is -0.207 e. The highest BCUT2D eigenvalue weighted by Crippen LogP contribution is 2.25. The monoisotopic (exact) mass is 277 g/mol. The molecule has 0 amide bonds. The van der Waals surface area contributed by atoms with Crippen molar-refractivity contribution in [2.24, 2.45) is 0 Å².